The van der Waals surface area contributed by atoms with Gasteiger partial charge in [-0.2, -0.15) is 0 Å². The van der Waals surface area contributed by atoms with Crippen LogP contribution in [0.5, 0.6) is 5.75 Å². The van der Waals surface area contributed by atoms with Gasteiger partial charge in [0.05, 0.1) is 17.4 Å². The fourth-order valence-electron chi connectivity index (χ4n) is 4.27. The van der Waals surface area contributed by atoms with Crippen molar-refractivity contribution in [1.82, 2.24) is 4.90 Å². The Morgan fingerprint density at radius 3 is 2.39 bits per heavy atom. The number of benzene rings is 2. The third-order valence-corrected chi connectivity index (χ3v) is 5.68. The molecule has 0 aromatic heterocycles. The molecule has 4 rings (SSSR count). The molecule has 2 aromatic rings. The van der Waals surface area contributed by atoms with Crippen LogP contribution in [0.4, 0.5) is 5.69 Å². The van der Waals surface area contributed by atoms with E-state index in [0.29, 0.717) is 35.8 Å². The maximum absolute atomic E-state index is 13.6. The van der Waals surface area contributed by atoms with E-state index in [2.05, 4.69) is 0 Å². The number of hydrogen-bond donors (Lipinski definition) is 1. The Morgan fingerprint density at radius 1 is 1.03 bits per heavy atom. The first kappa shape index (κ1) is 21.1. The summed E-state index contributed by atoms with van der Waals surface area (Å²) < 4.78 is 5.69. The largest absolute Gasteiger partial charge is 0.491 e. The Morgan fingerprint density at radius 2 is 1.74 bits per heavy atom. The van der Waals surface area contributed by atoms with E-state index in [-0.39, 0.29) is 30.4 Å². The first-order valence-electron chi connectivity index (χ1n) is 10.8. The van der Waals surface area contributed by atoms with Crippen LogP contribution in [0.2, 0.25) is 0 Å². The number of likely N-dealkylation sites (tertiary alicyclic amines) is 1. The van der Waals surface area contributed by atoms with Crippen molar-refractivity contribution in [2.75, 3.05) is 24.6 Å². The highest BCUT2D eigenvalue weighted by Crippen LogP contribution is 2.36. The average molecular weight is 421 g/mol. The van der Waals surface area contributed by atoms with Gasteiger partial charge < -0.3 is 14.7 Å². The van der Waals surface area contributed by atoms with Gasteiger partial charge in [-0.25, -0.2) is 4.90 Å². The van der Waals surface area contributed by atoms with Crippen molar-refractivity contribution < 1.29 is 19.4 Å². The summed E-state index contributed by atoms with van der Waals surface area (Å²) in [5.74, 6) is 0.147. The number of nitrogens with zero attached hydrogens (tertiary/aromatic N) is 2. The second-order valence-corrected chi connectivity index (χ2v) is 8.33. The van der Waals surface area contributed by atoms with Crippen LogP contribution in [0.1, 0.15) is 32.3 Å². The molecule has 1 N–H and O–H groups in total. The Balaban J connectivity index is 1.72. The van der Waals surface area contributed by atoms with Crippen molar-refractivity contribution in [3.8, 4) is 5.75 Å². The first-order chi connectivity index (χ1) is 15.0. The van der Waals surface area contributed by atoms with E-state index in [0.717, 1.165) is 18.4 Å². The highest BCUT2D eigenvalue weighted by molar-refractivity contribution is 6.45. The molecular formula is C25H28N2O4. The van der Waals surface area contributed by atoms with Crippen LogP contribution in [0.3, 0.4) is 0 Å². The number of amides is 2. The highest BCUT2D eigenvalue weighted by Gasteiger charge is 2.43. The molecule has 1 atom stereocenters. The monoisotopic (exact) mass is 420 g/mol. The molecule has 2 heterocycles. The normalized spacial score (nSPS) is 19.5. The van der Waals surface area contributed by atoms with Crippen molar-refractivity contribution in [3.05, 3.63) is 65.9 Å². The summed E-state index contributed by atoms with van der Waals surface area (Å²) in [6.07, 6.45) is 1.83. The van der Waals surface area contributed by atoms with Crippen molar-refractivity contribution >= 4 is 23.1 Å². The summed E-state index contributed by atoms with van der Waals surface area (Å²) in [6, 6.07) is 16.4. The number of aliphatic hydroxyl groups is 1. The number of carbonyl (C=O) groups excluding carboxylic acids is 2. The number of rotatable bonds is 6. The fraction of sp³-hybridized carbons (Fsp3) is 0.360. The SMILES string of the molecule is CC(C)Oc1ccc(N2C(=O)C(c3ccccc3)=C(N3CCCC(CO)C3)C2=O)cc1. The van der Waals surface area contributed by atoms with Crippen molar-refractivity contribution in [2.24, 2.45) is 5.92 Å². The molecule has 2 aliphatic heterocycles. The second-order valence-electron chi connectivity index (χ2n) is 8.33. The van der Waals surface area contributed by atoms with Gasteiger partial charge in [-0.05, 0) is 62.4 Å². The van der Waals surface area contributed by atoms with Crippen LogP contribution < -0.4 is 9.64 Å². The third-order valence-electron chi connectivity index (χ3n) is 5.68. The van der Waals surface area contributed by atoms with Crippen LogP contribution in [0.25, 0.3) is 5.57 Å². The van der Waals surface area contributed by atoms with Gasteiger partial charge in [0.2, 0.25) is 0 Å². The zero-order chi connectivity index (χ0) is 22.0. The van der Waals surface area contributed by atoms with Gasteiger partial charge >= 0.3 is 0 Å². The standard InChI is InChI=1S/C25H28N2O4/c1-17(2)31-21-12-10-20(11-13-21)27-24(29)22(19-8-4-3-5-9-19)23(25(27)30)26-14-6-7-18(15-26)16-28/h3-5,8-13,17-18,28H,6-7,14-16H2,1-2H3. The van der Waals surface area contributed by atoms with Crippen molar-refractivity contribution in [2.45, 2.75) is 32.8 Å². The maximum Gasteiger partial charge on any atom is 0.282 e. The van der Waals surface area contributed by atoms with E-state index in [1.807, 2.05) is 49.1 Å². The van der Waals surface area contributed by atoms with Crippen LogP contribution in [0.15, 0.2) is 60.3 Å². The number of piperidine rings is 1. The molecule has 0 spiro atoms. The number of anilines is 1. The lowest BCUT2D eigenvalue weighted by molar-refractivity contribution is -0.120. The average Bonchev–Trinajstić information content (AvgIpc) is 3.04. The molecule has 1 unspecified atom stereocenters. The maximum atomic E-state index is 13.6. The summed E-state index contributed by atoms with van der Waals surface area (Å²) in [7, 11) is 0. The van der Waals surface area contributed by atoms with Crippen molar-refractivity contribution in [3.63, 3.8) is 0 Å². The van der Waals surface area contributed by atoms with Gasteiger partial charge in [0.25, 0.3) is 11.8 Å². The Kier molecular flexibility index (Phi) is 6.09. The molecule has 2 amide bonds. The zero-order valence-electron chi connectivity index (χ0n) is 18.0. The second kappa shape index (κ2) is 8.94. The molecule has 31 heavy (non-hydrogen) atoms. The molecule has 1 saturated heterocycles. The van der Waals surface area contributed by atoms with Crippen molar-refractivity contribution in [1.29, 1.82) is 0 Å². The summed E-state index contributed by atoms with van der Waals surface area (Å²) in [6.45, 7) is 5.23. The molecule has 0 radical (unpaired) electrons. The first-order valence-corrected chi connectivity index (χ1v) is 10.8. The van der Waals surface area contributed by atoms with E-state index in [4.69, 9.17) is 4.74 Å². The number of hydrogen-bond acceptors (Lipinski definition) is 5. The Labute approximate surface area is 182 Å². The summed E-state index contributed by atoms with van der Waals surface area (Å²) in [5, 5.41) is 9.65. The van der Waals surface area contributed by atoms with E-state index < -0.39 is 0 Å². The molecule has 0 aliphatic carbocycles. The molecule has 162 valence electrons. The van der Waals surface area contributed by atoms with Gasteiger partial charge in [0.15, 0.2) is 0 Å². The lowest BCUT2D eigenvalue weighted by atomic mass is 9.97. The van der Waals surface area contributed by atoms with E-state index in [9.17, 15) is 14.7 Å². The summed E-state index contributed by atoms with van der Waals surface area (Å²) >= 11 is 0. The summed E-state index contributed by atoms with van der Waals surface area (Å²) in [5.41, 5.74) is 2.10. The topological polar surface area (TPSA) is 70.1 Å². The molecular weight excluding hydrogens is 392 g/mol. The number of aliphatic hydroxyl groups excluding tert-OH is 1. The van der Waals surface area contributed by atoms with Gasteiger partial charge in [-0.1, -0.05) is 30.3 Å². The zero-order valence-corrected chi connectivity index (χ0v) is 18.0. The molecule has 0 bridgehead atoms. The van der Waals surface area contributed by atoms with Crippen LogP contribution in [0, 0.1) is 5.92 Å². The van der Waals surface area contributed by atoms with E-state index >= 15 is 0 Å². The number of carbonyl (C=O) groups is 2. The van der Waals surface area contributed by atoms with Crippen LogP contribution in [-0.2, 0) is 9.59 Å². The Hall–Kier alpha value is -3.12. The predicted octanol–water partition coefficient (Wildman–Crippen LogP) is 3.46. The highest BCUT2D eigenvalue weighted by atomic mass is 16.5. The number of ether oxygens (including phenoxy) is 1. The third kappa shape index (κ3) is 4.21. The predicted molar refractivity (Wildman–Crippen MR) is 119 cm³/mol. The number of imide groups is 1. The molecule has 6 heteroatoms. The Bertz CT molecular complexity index is 982. The van der Waals surface area contributed by atoms with Crippen LogP contribution in [-0.4, -0.2) is 47.6 Å². The lowest BCUT2D eigenvalue weighted by Gasteiger charge is -2.34. The smallest absolute Gasteiger partial charge is 0.282 e. The minimum atomic E-state index is -0.324. The van der Waals surface area contributed by atoms with E-state index in [1.54, 1.807) is 24.3 Å². The molecule has 6 nitrogen and oxygen atoms in total. The molecule has 0 saturated carbocycles. The quantitative estimate of drug-likeness (QED) is 0.725. The van der Waals surface area contributed by atoms with Gasteiger partial charge in [-0.15, -0.1) is 0 Å². The van der Waals surface area contributed by atoms with Crippen LogP contribution >= 0.6 is 0 Å². The minimum absolute atomic E-state index is 0.0393. The fourth-order valence-corrected chi connectivity index (χ4v) is 4.27. The van der Waals surface area contributed by atoms with Gasteiger partial charge in [0, 0.05) is 19.7 Å². The van der Waals surface area contributed by atoms with Gasteiger partial charge in [0.1, 0.15) is 11.4 Å². The minimum Gasteiger partial charge on any atom is -0.491 e. The molecule has 2 aromatic carbocycles. The van der Waals surface area contributed by atoms with Gasteiger partial charge in [-0.3, -0.25) is 9.59 Å². The van der Waals surface area contributed by atoms with E-state index in [1.165, 1.54) is 4.90 Å². The molecule has 2 aliphatic rings. The lowest BCUT2D eigenvalue weighted by Crippen LogP contribution is -2.40. The summed E-state index contributed by atoms with van der Waals surface area (Å²) in [4.78, 5) is 30.3. The molecule has 1 fully saturated rings.